The second-order valence-corrected chi connectivity index (χ2v) is 6.08. The maximum absolute atomic E-state index is 12.9. The molecule has 2 atom stereocenters. The third kappa shape index (κ3) is 4.77. The number of benzene rings is 1. The van der Waals surface area contributed by atoms with Crippen LogP contribution in [0.5, 0.6) is 0 Å². The first-order valence-electron chi connectivity index (χ1n) is 8.07. The number of piperazine rings is 1. The average molecular weight is 293 g/mol. The molecule has 1 heterocycles. The zero-order chi connectivity index (χ0) is 15.2. The van der Waals surface area contributed by atoms with Crippen molar-refractivity contribution in [2.45, 2.75) is 38.8 Å². The van der Waals surface area contributed by atoms with Crippen LogP contribution in [0.4, 0.5) is 4.39 Å². The summed E-state index contributed by atoms with van der Waals surface area (Å²) < 4.78 is 12.9. The Morgan fingerprint density at radius 1 is 1.14 bits per heavy atom. The molecule has 0 saturated carbocycles. The number of halogens is 1. The molecule has 0 radical (unpaired) electrons. The quantitative estimate of drug-likeness (QED) is 0.875. The molecule has 0 aliphatic carbocycles. The SMILES string of the molecule is CCC(C)N1CCN(CCC(N)c2ccc(F)cc2)CC1. The van der Waals surface area contributed by atoms with E-state index in [0.717, 1.165) is 44.7 Å². The van der Waals surface area contributed by atoms with Crippen LogP contribution in [-0.2, 0) is 0 Å². The zero-order valence-electron chi connectivity index (χ0n) is 13.3. The topological polar surface area (TPSA) is 32.5 Å². The lowest BCUT2D eigenvalue weighted by Gasteiger charge is -2.38. The van der Waals surface area contributed by atoms with Crippen molar-refractivity contribution in [2.75, 3.05) is 32.7 Å². The van der Waals surface area contributed by atoms with Crippen molar-refractivity contribution in [3.05, 3.63) is 35.6 Å². The fraction of sp³-hybridized carbons (Fsp3) is 0.647. The lowest BCUT2D eigenvalue weighted by molar-refractivity contribution is 0.0987. The van der Waals surface area contributed by atoms with Crippen LogP contribution in [0.2, 0.25) is 0 Å². The molecule has 21 heavy (non-hydrogen) atoms. The number of nitrogens with zero attached hydrogens (tertiary/aromatic N) is 2. The summed E-state index contributed by atoms with van der Waals surface area (Å²) in [5.74, 6) is -0.202. The predicted molar refractivity (Wildman–Crippen MR) is 85.7 cm³/mol. The van der Waals surface area contributed by atoms with Gasteiger partial charge in [-0.3, -0.25) is 4.90 Å². The third-order valence-corrected chi connectivity index (χ3v) is 4.68. The standard InChI is InChI=1S/C17H28FN3/c1-3-14(2)21-12-10-20(11-13-21)9-8-17(19)15-4-6-16(18)7-5-15/h4-7,14,17H,3,8-13,19H2,1-2H3. The molecule has 1 aromatic carbocycles. The Kier molecular flexibility index (Phi) is 6.15. The van der Waals surface area contributed by atoms with E-state index in [4.69, 9.17) is 5.73 Å². The van der Waals surface area contributed by atoms with Crippen LogP contribution in [0.25, 0.3) is 0 Å². The monoisotopic (exact) mass is 293 g/mol. The normalized spacial score (nSPS) is 20.4. The molecular formula is C17H28FN3. The van der Waals surface area contributed by atoms with Gasteiger partial charge in [0.2, 0.25) is 0 Å². The van der Waals surface area contributed by atoms with E-state index in [0.29, 0.717) is 6.04 Å². The van der Waals surface area contributed by atoms with Crippen molar-refractivity contribution in [3.63, 3.8) is 0 Å². The second kappa shape index (κ2) is 7.87. The Labute approximate surface area is 127 Å². The highest BCUT2D eigenvalue weighted by Crippen LogP contribution is 2.16. The molecule has 0 bridgehead atoms. The van der Waals surface area contributed by atoms with E-state index in [1.165, 1.54) is 18.6 Å². The average Bonchev–Trinajstić information content (AvgIpc) is 2.53. The molecular weight excluding hydrogens is 265 g/mol. The largest absolute Gasteiger partial charge is 0.324 e. The van der Waals surface area contributed by atoms with Crippen molar-refractivity contribution in [1.29, 1.82) is 0 Å². The van der Waals surface area contributed by atoms with Crippen molar-refractivity contribution in [1.82, 2.24) is 9.80 Å². The first-order valence-corrected chi connectivity index (χ1v) is 8.07. The summed E-state index contributed by atoms with van der Waals surface area (Å²) in [5, 5.41) is 0. The third-order valence-electron chi connectivity index (χ3n) is 4.68. The minimum atomic E-state index is -0.202. The van der Waals surface area contributed by atoms with E-state index in [1.54, 1.807) is 12.1 Å². The lowest BCUT2D eigenvalue weighted by atomic mass is 10.0. The van der Waals surface area contributed by atoms with Crippen molar-refractivity contribution in [3.8, 4) is 0 Å². The second-order valence-electron chi connectivity index (χ2n) is 6.08. The molecule has 1 aliphatic heterocycles. The van der Waals surface area contributed by atoms with E-state index < -0.39 is 0 Å². The summed E-state index contributed by atoms with van der Waals surface area (Å²) >= 11 is 0. The van der Waals surface area contributed by atoms with Crippen LogP contribution >= 0.6 is 0 Å². The molecule has 1 saturated heterocycles. The van der Waals surface area contributed by atoms with Gasteiger partial charge >= 0.3 is 0 Å². The molecule has 2 unspecified atom stereocenters. The van der Waals surface area contributed by atoms with Crippen molar-refractivity contribution in [2.24, 2.45) is 5.73 Å². The van der Waals surface area contributed by atoms with Crippen LogP contribution in [0, 0.1) is 5.82 Å². The molecule has 2 rings (SSSR count). The van der Waals surface area contributed by atoms with Crippen molar-refractivity contribution < 1.29 is 4.39 Å². The molecule has 3 nitrogen and oxygen atoms in total. The highest BCUT2D eigenvalue weighted by molar-refractivity contribution is 5.19. The predicted octanol–water partition coefficient (Wildman–Crippen LogP) is 2.63. The maximum Gasteiger partial charge on any atom is 0.123 e. The summed E-state index contributed by atoms with van der Waals surface area (Å²) in [4.78, 5) is 5.05. The van der Waals surface area contributed by atoms with Gasteiger partial charge in [-0.05, 0) is 37.5 Å². The fourth-order valence-electron chi connectivity index (χ4n) is 2.88. The van der Waals surface area contributed by atoms with Crippen LogP contribution in [0.1, 0.15) is 38.3 Å². The Morgan fingerprint density at radius 2 is 1.76 bits per heavy atom. The lowest BCUT2D eigenvalue weighted by Crippen LogP contribution is -2.49. The van der Waals surface area contributed by atoms with Crippen LogP contribution < -0.4 is 5.73 Å². The van der Waals surface area contributed by atoms with Gasteiger partial charge in [-0.2, -0.15) is 0 Å². The van der Waals surface area contributed by atoms with E-state index in [9.17, 15) is 4.39 Å². The Bertz CT molecular complexity index is 413. The highest BCUT2D eigenvalue weighted by atomic mass is 19.1. The molecule has 1 fully saturated rings. The van der Waals surface area contributed by atoms with E-state index in [-0.39, 0.29) is 11.9 Å². The molecule has 4 heteroatoms. The summed E-state index contributed by atoms with van der Waals surface area (Å²) in [6, 6.07) is 7.24. The molecule has 0 aromatic heterocycles. The Morgan fingerprint density at radius 3 is 2.33 bits per heavy atom. The van der Waals surface area contributed by atoms with Gasteiger partial charge in [0.1, 0.15) is 5.82 Å². The van der Waals surface area contributed by atoms with Gasteiger partial charge in [0.25, 0.3) is 0 Å². The van der Waals surface area contributed by atoms with Gasteiger partial charge in [0.15, 0.2) is 0 Å². The van der Waals surface area contributed by atoms with E-state index in [1.807, 2.05) is 0 Å². The molecule has 0 amide bonds. The minimum absolute atomic E-state index is 0.00167. The molecule has 0 spiro atoms. The molecule has 1 aromatic rings. The molecule has 2 N–H and O–H groups in total. The summed E-state index contributed by atoms with van der Waals surface area (Å²) in [5.41, 5.74) is 7.22. The number of nitrogens with two attached hydrogens (primary N) is 1. The Balaban J connectivity index is 1.73. The van der Waals surface area contributed by atoms with Gasteiger partial charge in [-0.1, -0.05) is 19.1 Å². The van der Waals surface area contributed by atoms with E-state index in [2.05, 4.69) is 23.6 Å². The van der Waals surface area contributed by atoms with Gasteiger partial charge in [-0.25, -0.2) is 4.39 Å². The van der Waals surface area contributed by atoms with Crippen LogP contribution in [-0.4, -0.2) is 48.6 Å². The van der Waals surface area contributed by atoms with Crippen molar-refractivity contribution >= 4 is 0 Å². The summed E-state index contributed by atoms with van der Waals surface area (Å²) in [6.07, 6.45) is 2.14. The first kappa shape index (κ1) is 16.4. The smallest absolute Gasteiger partial charge is 0.123 e. The fourth-order valence-corrected chi connectivity index (χ4v) is 2.88. The highest BCUT2D eigenvalue weighted by Gasteiger charge is 2.20. The minimum Gasteiger partial charge on any atom is -0.324 e. The number of hydrogen-bond donors (Lipinski definition) is 1. The van der Waals surface area contributed by atoms with Crippen LogP contribution in [0.15, 0.2) is 24.3 Å². The summed E-state index contributed by atoms with van der Waals surface area (Å²) in [7, 11) is 0. The number of rotatable bonds is 6. The van der Waals surface area contributed by atoms with Crippen LogP contribution in [0.3, 0.4) is 0 Å². The van der Waals surface area contributed by atoms with Gasteiger partial charge < -0.3 is 10.6 Å². The number of hydrogen-bond acceptors (Lipinski definition) is 3. The molecule has 118 valence electrons. The Hall–Kier alpha value is -0.970. The maximum atomic E-state index is 12.9. The van der Waals surface area contributed by atoms with Gasteiger partial charge in [-0.15, -0.1) is 0 Å². The first-order chi connectivity index (χ1) is 10.1. The zero-order valence-corrected chi connectivity index (χ0v) is 13.3. The van der Waals surface area contributed by atoms with E-state index >= 15 is 0 Å². The molecule has 1 aliphatic rings. The van der Waals surface area contributed by atoms with Gasteiger partial charge in [0, 0.05) is 44.8 Å². The summed E-state index contributed by atoms with van der Waals surface area (Å²) in [6.45, 7) is 10.1. The van der Waals surface area contributed by atoms with Gasteiger partial charge in [0.05, 0.1) is 0 Å².